The molecule has 0 N–H and O–H groups in total. The lowest BCUT2D eigenvalue weighted by Gasteiger charge is -2.30. The fourth-order valence-corrected chi connectivity index (χ4v) is 4.20. The molecule has 4 rings (SSSR count). The van der Waals surface area contributed by atoms with Gasteiger partial charge in [-0.05, 0) is 29.8 Å². The van der Waals surface area contributed by atoms with Crippen molar-refractivity contribution in [2.24, 2.45) is 5.92 Å². The molecule has 5 atom stereocenters. The molecule has 188 valence electrons. The number of carbonyl (C=O) groups excluding carboxylic acids is 2. The van der Waals surface area contributed by atoms with Gasteiger partial charge in [0.2, 0.25) is 0 Å². The van der Waals surface area contributed by atoms with Gasteiger partial charge in [-0.3, -0.25) is 0 Å². The molecule has 0 aromatic heterocycles. The van der Waals surface area contributed by atoms with Crippen LogP contribution in [0.25, 0.3) is 0 Å². The Kier molecular flexibility index (Phi) is 8.84. The van der Waals surface area contributed by atoms with E-state index in [9.17, 15) is 9.59 Å². The van der Waals surface area contributed by atoms with Crippen molar-refractivity contribution in [3.05, 3.63) is 108 Å². The second-order valence-electron chi connectivity index (χ2n) is 8.55. The number of ether oxygens (including phenoxy) is 5. The molecule has 3 aromatic rings. The topological polar surface area (TPSA) is 80.3 Å². The second kappa shape index (κ2) is 12.4. The fraction of sp³-hybridized carbons (Fsp3) is 0.310. The van der Waals surface area contributed by atoms with E-state index in [2.05, 4.69) is 0 Å². The predicted molar refractivity (Wildman–Crippen MR) is 132 cm³/mol. The van der Waals surface area contributed by atoms with Gasteiger partial charge in [-0.2, -0.15) is 0 Å². The minimum Gasteiger partial charge on any atom is -0.462 e. The van der Waals surface area contributed by atoms with Crippen LogP contribution in [0.4, 0.5) is 0 Å². The highest BCUT2D eigenvalue weighted by Crippen LogP contribution is 2.39. The van der Waals surface area contributed by atoms with Gasteiger partial charge in [0.15, 0.2) is 0 Å². The normalized spacial score (nSPS) is 20.9. The molecule has 1 aliphatic rings. The largest absolute Gasteiger partial charge is 0.462 e. The van der Waals surface area contributed by atoms with Crippen LogP contribution in [0.1, 0.15) is 45.7 Å². The maximum atomic E-state index is 12.9. The van der Waals surface area contributed by atoms with Gasteiger partial charge in [-0.25, -0.2) is 9.59 Å². The summed E-state index contributed by atoms with van der Waals surface area (Å²) in [5.41, 5.74) is 1.83. The van der Waals surface area contributed by atoms with Crippen LogP contribution in [-0.4, -0.2) is 44.3 Å². The zero-order chi connectivity index (χ0) is 25.3. The summed E-state index contributed by atoms with van der Waals surface area (Å²) in [5, 5.41) is 0. The van der Waals surface area contributed by atoms with E-state index in [-0.39, 0.29) is 18.9 Å². The zero-order valence-electron chi connectivity index (χ0n) is 20.3. The van der Waals surface area contributed by atoms with Gasteiger partial charge in [-0.15, -0.1) is 0 Å². The van der Waals surface area contributed by atoms with Gasteiger partial charge < -0.3 is 23.7 Å². The zero-order valence-corrected chi connectivity index (χ0v) is 20.3. The SMILES string of the molecule is COC1O[C@H]([C@H](C)[C@H](CCOC(=O)c2ccccc2)OC(=O)c2ccccc2)[C@@H](c2ccccc2)O1. The van der Waals surface area contributed by atoms with Gasteiger partial charge in [-0.1, -0.05) is 73.7 Å². The van der Waals surface area contributed by atoms with Crippen LogP contribution in [0.15, 0.2) is 91.0 Å². The second-order valence-corrected chi connectivity index (χ2v) is 8.55. The van der Waals surface area contributed by atoms with E-state index in [0.717, 1.165) is 5.56 Å². The van der Waals surface area contributed by atoms with Crippen LogP contribution in [0, 0.1) is 5.92 Å². The van der Waals surface area contributed by atoms with Crippen LogP contribution in [0.5, 0.6) is 0 Å². The first kappa shape index (κ1) is 25.6. The number of methoxy groups -OCH3 is 1. The standard InChI is InChI=1S/C29H30O7/c1-20(25-26(36-29(32-2)35-25)21-12-6-3-7-13-21)24(34-28(31)23-16-10-5-11-17-23)18-19-33-27(30)22-14-8-4-9-15-22/h3-17,20,24-26,29H,18-19H2,1-2H3/t20-,24+,25-,26-,29?/m1/s1. The van der Waals surface area contributed by atoms with E-state index in [1.807, 2.05) is 49.4 Å². The van der Waals surface area contributed by atoms with Gasteiger partial charge in [0.25, 0.3) is 6.48 Å². The average Bonchev–Trinajstić information content (AvgIpc) is 3.38. The first-order chi connectivity index (χ1) is 17.6. The first-order valence-electron chi connectivity index (χ1n) is 11.9. The van der Waals surface area contributed by atoms with E-state index in [1.54, 1.807) is 48.5 Å². The van der Waals surface area contributed by atoms with Crippen LogP contribution < -0.4 is 0 Å². The van der Waals surface area contributed by atoms with Crippen LogP contribution in [0.3, 0.4) is 0 Å². The van der Waals surface area contributed by atoms with Crippen molar-refractivity contribution < 1.29 is 33.3 Å². The summed E-state index contributed by atoms with van der Waals surface area (Å²) in [7, 11) is 1.51. The van der Waals surface area contributed by atoms with Crippen molar-refractivity contribution in [2.45, 2.75) is 38.1 Å². The lowest BCUT2D eigenvalue weighted by molar-refractivity contribution is -0.232. The highest BCUT2D eigenvalue weighted by Gasteiger charge is 2.44. The lowest BCUT2D eigenvalue weighted by atomic mass is 9.89. The summed E-state index contributed by atoms with van der Waals surface area (Å²) < 4.78 is 28.8. The minimum absolute atomic E-state index is 0.0715. The number of esters is 2. The van der Waals surface area contributed by atoms with Crippen LogP contribution in [0.2, 0.25) is 0 Å². The summed E-state index contributed by atoms with van der Waals surface area (Å²) in [4.78, 5) is 25.4. The Morgan fingerprint density at radius 1 is 0.806 bits per heavy atom. The molecule has 1 aliphatic heterocycles. The molecule has 7 nitrogen and oxygen atoms in total. The maximum absolute atomic E-state index is 12.9. The number of benzene rings is 3. The lowest BCUT2D eigenvalue weighted by Crippen LogP contribution is -2.37. The molecule has 7 heteroatoms. The Hall–Kier alpha value is -3.52. The molecule has 1 heterocycles. The summed E-state index contributed by atoms with van der Waals surface area (Å²) in [6.07, 6.45) is -1.21. The van der Waals surface area contributed by atoms with Crippen molar-refractivity contribution in [3.63, 3.8) is 0 Å². The van der Waals surface area contributed by atoms with Gasteiger partial charge in [0, 0.05) is 19.4 Å². The molecule has 3 aromatic carbocycles. The molecular weight excluding hydrogens is 460 g/mol. The number of carbonyl (C=O) groups is 2. The highest BCUT2D eigenvalue weighted by atomic mass is 16.9. The van der Waals surface area contributed by atoms with Crippen LogP contribution in [-0.2, 0) is 23.7 Å². The summed E-state index contributed by atoms with van der Waals surface area (Å²) in [6, 6.07) is 27.2. The van der Waals surface area contributed by atoms with Crippen LogP contribution >= 0.6 is 0 Å². The summed E-state index contributed by atoms with van der Waals surface area (Å²) >= 11 is 0. The highest BCUT2D eigenvalue weighted by molar-refractivity contribution is 5.89. The minimum atomic E-state index is -0.843. The van der Waals surface area contributed by atoms with E-state index in [1.165, 1.54) is 7.11 Å². The molecule has 0 radical (unpaired) electrons. The molecule has 0 saturated carbocycles. The Balaban J connectivity index is 1.51. The van der Waals surface area contributed by atoms with Gasteiger partial charge >= 0.3 is 11.9 Å². The Morgan fingerprint density at radius 3 is 1.94 bits per heavy atom. The molecule has 0 spiro atoms. The van der Waals surface area contributed by atoms with Gasteiger partial charge in [0.1, 0.15) is 12.2 Å². The summed E-state index contributed by atoms with van der Waals surface area (Å²) in [6.45, 7) is 1.16. The first-order valence-corrected chi connectivity index (χ1v) is 11.9. The Bertz CT molecular complexity index is 1100. The smallest absolute Gasteiger partial charge is 0.338 e. The van der Waals surface area contributed by atoms with Crippen molar-refractivity contribution in [1.29, 1.82) is 0 Å². The van der Waals surface area contributed by atoms with E-state index in [0.29, 0.717) is 11.1 Å². The molecule has 0 amide bonds. The van der Waals surface area contributed by atoms with Crippen molar-refractivity contribution in [3.8, 4) is 0 Å². The number of rotatable bonds is 10. The number of hydrogen-bond donors (Lipinski definition) is 0. The summed E-state index contributed by atoms with van der Waals surface area (Å²) in [5.74, 6) is -1.20. The molecule has 36 heavy (non-hydrogen) atoms. The average molecular weight is 491 g/mol. The van der Waals surface area contributed by atoms with Crippen molar-refractivity contribution >= 4 is 11.9 Å². The Morgan fingerprint density at radius 2 is 1.36 bits per heavy atom. The van der Waals surface area contributed by atoms with E-state index >= 15 is 0 Å². The molecule has 1 fully saturated rings. The van der Waals surface area contributed by atoms with Gasteiger partial charge in [0.05, 0.1) is 23.8 Å². The van der Waals surface area contributed by atoms with E-state index in [4.69, 9.17) is 23.7 Å². The third kappa shape index (κ3) is 6.37. The molecule has 0 bridgehead atoms. The predicted octanol–water partition coefficient (Wildman–Crippen LogP) is 5.18. The van der Waals surface area contributed by atoms with Crippen molar-refractivity contribution in [1.82, 2.24) is 0 Å². The van der Waals surface area contributed by atoms with E-state index < -0.39 is 36.7 Å². The Labute approximate surface area is 210 Å². The third-order valence-corrected chi connectivity index (χ3v) is 6.16. The molecule has 0 aliphatic carbocycles. The van der Waals surface area contributed by atoms with Crippen molar-refractivity contribution in [2.75, 3.05) is 13.7 Å². The molecule has 1 unspecified atom stereocenters. The maximum Gasteiger partial charge on any atom is 0.338 e. The quantitative estimate of drug-likeness (QED) is 0.362. The third-order valence-electron chi connectivity index (χ3n) is 6.16. The number of hydrogen-bond acceptors (Lipinski definition) is 7. The fourth-order valence-electron chi connectivity index (χ4n) is 4.20. The molecule has 1 saturated heterocycles. The molecular formula is C29H30O7. The monoisotopic (exact) mass is 490 g/mol.